The molecule has 0 aromatic carbocycles. The first-order valence-corrected chi connectivity index (χ1v) is 9.14. The van der Waals surface area contributed by atoms with Gasteiger partial charge in [0.25, 0.3) is 0 Å². The molecule has 0 spiro atoms. The highest BCUT2D eigenvalue weighted by molar-refractivity contribution is 7.07. The summed E-state index contributed by atoms with van der Waals surface area (Å²) >= 11 is 1.71. The number of nitrogens with zero attached hydrogens (tertiary/aromatic N) is 1. The fourth-order valence-electron chi connectivity index (χ4n) is 3.88. The molecule has 1 amide bonds. The molecule has 2 atom stereocenters. The van der Waals surface area contributed by atoms with Crippen LogP contribution in [0.1, 0.15) is 51.3 Å². The van der Waals surface area contributed by atoms with Crippen LogP contribution in [0.5, 0.6) is 0 Å². The summed E-state index contributed by atoms with van der Waals surface area (Å²) in [7, 11) is 0. The van der Waals surface area contributed by atoms with Gasteiger partial charge in [0.05, 0.1) is 6.04 Å². The zero-order valence-electron chi connectivity index (χ0n) is 12.8. The van der Waals surface area contributed by atoms with E-state index in [0.29, 0.717) is 17.2 Å². The van der Waals surface area contributed by atoms with Crippen molar-refractivity contribution in [3.63, 3.8) is 0 Å². The molecule has 4 heteroatoms. The SMILES string of the molecule is CC(C)C1NC(c2ccsc2)N(CC2(C3CC3)CC2)C1=O. The van der Waals surface area contributed by atoms with Crippen LogP contribution in [0, 0.1) is 17.3 Å². The van der Waals surface area contributed by atoms with E-state index in [9.17, 15) is 4.79 Å². The van der Waals surface area contributed by atoms with Gasteiger partial charge < -0.3 is 4.90 Å². The minimum Gasteiger partial charge on any atom is -0.321 e. The summed E-state index contributed by atoms with van der Waals surface area (Å²) in [6.45, 7) is 5.24. The van der Waals surface area contributed by atoms with E-state index in [1.54, 1.807) is 11.3 Å². The van der Waals surface area contributed by atoms with Crippen LogP contribution in [0.15, 0.2) is 16.8 Å². The highest BCUT2D eigenvalue weighted by atomic mass is 32.1. The average molecular weight is 304 g/mol. The Morgan fingerprint density at radius 1 is 1.43 bits per heavy atom. The Morgan fingerprint density at radius 3 is 2.71 bits per heavy atom. The van der Waals surface area contributed by atoms with Crippen molar-refractivity contribution in [1.82, 2.24) is 10.2 Å². The molecule has 3 fully saturated rings. The molecule has 0 bridgehead atoms. The molecule has 1 saturated heterocycles. The Labute approximate surface area is 130 Å². The van der Waals surface area contributed by atoms with Crippen LogP contribution in [0.4, 0.5) is 0 Å². The van der Waals surface area contributed by atoms with Crippen molar-refractivity contribution >= 4 is 17.2 Å². The van der Waals surface area contributed by atoms with Gasteiger partial charge in [-0.05, 0) is 65.3 Å². The van der Waals surface area contributed by atoms with Crippen molar-refractivity contribution in [2.75, 3.05) is 6.54 Å². The van der Waals surface area contributed by atoms with Gasteiger partial charge in [0, 0.05) is 6.54 Å². The maximum atomic E-state index is 12.9. The largest absolute Gasteiger partial charge is 0.321 e. The van der Waals surface area contributed by atoms with Crippen LogP contribution < -0.4 is 5.32 Å². The Morgan fingerprint density at radius 2 is 2.19 bits per heavy atom. The summed E-state index contributed by atoms with van der Waals surface area (Å²) in [4.78, 5) is 15.0. The molecule has 21 heavy (non-hydrogen) atoms. The molecule has 1 aromatic heterocycles. The van der Waals surface area contributed by atoms with Gasteiger partial charge in [-0.3, -0.25) is 10.1 Å². The van der Waals surface area contributed by atoms with Crippen LogP contribution >= 0.6 is 11.3 Å². The zero-order valence-corrected chi connectivity index (χ0v) is 13.7. The van der Waals surface area contributed by atoms with Crippen molar-refractivity contribution in [2.24, 2.45) is 17.3 Å². The lowest BCUT2D eigenvalue weighted by atomic mass is 9.99. The van der Waals surface area contributed by atoms with Crippen LogP contribution in [0.2, 0.25) is 0 Å². The van der Waals surface area contributed by atoms with E-state index in [4.69, 9.17) is 0 Å². The molecule has 2 aliphatic carbocycles. The quantitative estimate of drug-likeness (QED) is 0.904. The fourth-order valence-corrected chi connectivity index (χ4v) is 4.56. The first-order chi connectivity index (χ1) is 10.1. The lowest BCUT2D eigenvalue weighted by Gasteiger charge is -2.28. The topological polar surface area (TPSA) is 32.3 Å². The maximum absolute atomic E-state index is 12.9. The molecule has 1 N–H and O–H groups in total. The molecule has 4 rings (SSSR count). The maximum Gasteiger partial charge on any atom is 0.241 e. The third-order valence-electron chi connectivity index (χ3n) is 5.54. The molecule has 2 heterocycles. The van der Waals surface area contributed by atoms with E-state index in [1.165, 1.54) is 31.2 Å². The van der Waals surface area contributed by atoms with Gasteiger partial charge in [-0.2, -0.15) is 11.3 Å². The molecule has 0 radical (unpaired) electrons. The van der Waals surface area contributed by atoms with Crippen molar-refractivity contribution < 1.29 is 4.79 Å². The van der Waals surface area contributed by atoms with Crippen LogP contribution in [-0.2, 0) is 4.79 Å². The molecule has 2 saturated carbocycles. The summed E-state index contributed by atoms with van der Waals surface area (Å²) in [5, 5.41) is 7.87. The minimum atomic E-state index is -0.0232. The van der Waals surface area contributed by atoms with Crippen LogP contribution in [0.25, 0.3) is 0 Å². The Kier molecular flexibility index (Phi) is 3.16. The van der Waals surface area contributed by atoms with E-state index >= 15 is 0 Å². The summed E-state index contributed by atoms with van der Waals surface area (Å²) in [6, 6.07) is 2.13. The Balaban J connectivity index is 1.59. The highest BCUT2D eigenvalue weighted by Gasteiger charge is 2.56. The summed E-state index contributed by atoms with van der Waals surface area (Å²) in [6.07, 6.45) is 5.50. The monoisotopic (exact) mass is 304 g/mol. The Hall–Kier alpha value is -0.870. The van der Waals surface area contributed by atoms with Crippen molar-refractivity contribution in [1.29, 1.82) is 0 Å². The normalized spacial score (nSPS) is 31.2. The van der Waals surface area contributed by atoms with Crippen molar-refractivity contribution in [3.05, 3.63) is 22.4 Å². The van der Waals surface area contributed by atoms with E-state index in [-0.39, 0.29) is 12.2 Å². The predicted molar refractivity (Wildman–Crippen MR) is 84.9 cm³/mol. The predicted octanol–water partition coefficient (Wildman–Crippen LogP) is 3.39. The smallest absolute Gasteiger partial charge is 0.241 e. The molecule has 3 aliphatic rings. The summed E-state index contributed by atoms with van der Waals surface area (Å²) in [5.41, 5.74) is 1.72. The summed E-state index contributed by atoms with van der Waals surface area (Å²) < 4.78 is 0. The number of thiophene rings is 1. The van der Waals surface area contributed by atoms with Crippen LogP contribution in [-0.4, -0.2) is 23.4 Å². The molecular weight excluding hydrogens is 280 g/mol. The van der Waals surface area contributed by atoms with Crippen molar-refractivity contribution in [3.8, 4) is 0 Å². The minimum absolute atomic E-state index is 0.0232. The lowest BCUT2D eigenvalue weighted by Crippen LogP contribution is -2.37. The number of nitrogens with one attached hydrogen (secondary N) is 1. The Bertz CT molecular complexity index is 531. The molecule has 3 nitrogen and oxygen atoms in total. The van der Waals surface area contributed by atoms with Gasteiger partial charge in [-0.25, -0.2) is 0 Å². The molecule has 1 aromatic rings. The van der Waals surface area contributed by atoms with Gasteiger partial charge in [0.2, 0.25) is 5.91 Å². The first-order valence-electron chi connectivity index (χ1n) is 8.19. The standard InChI is InChI=1S/C17H24N2OS/c1-11(2)14-16(20)19(10-17(6-7-17)13-3-4-13)15(18-14)12-5-8-21-9-12/h5,8-9,11,13-15,18H,3-4,6-7,10H2,1-2H3. The van der Waals surface area contributed by atoms with Gasteiger partial charge in [0.1, 0.15) is 6.17 Å². The third-order valence-corrected chi connectivity index (χ3v) is 6.25. The second-order valence-corrected chi connectivity index (χ2v) is 8.23. The lowest BCUT2D eigenvalue weighted by molar-refractivity contribution is -0.131. The van der Waals surface area contributed by atoms with Gasteiger partial charge >= 0.3 is 0 Å². The second-order valence-electron chi connectivity index (χ2n) is 7.45. The second kappa shape index (κ2) is 4.82. The van der Waals surface area contributed by atoms with Gasteiger partial charge in [-0.1, -0.05) is 13.8 Å². The van der Waals surface area contributed by atoms with E-state index in [2.05, 4.69) is 40.9 Å². The number of carbonyl (C=O) groups excluding carboxylic acids is 1. The number of hydrogen-bond donors (Lipinski definition) is 1. The molecule has 1 aliphatic heterocycles. The number of carbonyl (C=O) groups is 1. The molecular formula is C17H24N2OS. The van der Waals surface area contributed by atoms with Crippen molar-refractivity contribution in [2.45, 2.75) is 51.7 Å². The zero-order chi connectivity index (χ0) is 14.6. The van der Waals surface area contributed by atoms with Gasteiger partial charge in [-0.15, -0.1) is 0 Å². The average Bonchev–Trinajstić information content (AvgIpc) is 3.34. The van der Waals surface area contributed by atoms with Crippen LogP contribution in [0.3, 0.4) is 0 Å². The van der Waals surface area contributed by atoms with E-state index in [1.807, 2.05) is 0 Å². The van der Waals surface area contributed by atoms with E-state index < -0.39 is 0 Å². The fraction of sp³-hybridized carbons (Fsp3) is 0.706. The molecule has 2 unspecified atom stereocenters. The third kappa shape index (κ3) is 2.33. The highest BCUT2D eigenvalue weighted by Crippen LogP contribution is 2.62. The first kappa shape index (κ1) is 13.8. The number of rotatable bonds is 5. The number of hydrogen-bond acceptors (Lipinski definition) is 3. The molecule has 114 valence electrons. The summed E-state index contributed by atoms with van der Waals surface area (Å²) in [5.74, 6) is 1.55. The number of amides is 1. The van der Waals surface area contributed by atoms with Gasteiger partial charge in [0.15, 0.2) is 0 Å². The van der Waals surface area contributed by atoms with E-state index in [0.717, 1.165) is 12.5 Å².